The molecule has 1 unspecified atom stereocenters. The molecular formula is C15H16O3. The van der Waals surface area contributed by atoms with E-state index in [-0.39, 0.29) is 17.3 Å². The molecule has 1 N–H and O–H groups in total. The van der Waals surface area contributed by atoms with Gasteiger partial charge in [0.25, 0.3) is 0 Å². The summed E-state index contributed by atoms with van der Waals surface area (Å²) in [4.78, 5) is 24.0. The summed E-state index contributed by atoms with van der Waals surface area (Å²) in [5.41, 5.74) is 1.04. The van der Waals surface area contributed by atoms with Crippen LogP contribution >= 0.6 is 0 Å². The van der Waals surface area contributed by atoms with Gasteiger partial charge in [0.1, 0.15) is 5.76 Å². The third kappa shape index (κ3) is 1.86. The number of hydrogen-bond donors (Lipinski definition) is 1. The van der Waals surface area contributed by atoms with Gasteiger partial charge in [0.2, 0.25) is 11.6 Å². The van der Waals surface area contributed by atoms with E-state index in [0.29, 0.717) is 11.1 Å². The molecule has 0 bridgehead atoms. The molecule has 0 saturated carbocycles. The van der Waals surface area contributed by atoms with Gasteiger partial charge in [0.05, 0.1) is 0 Å². The molecule has 0 amide bonds. The van der Waals surface area contributed by atoms with Crippen molar-refractivity contribution < 1.29 is 14.7 Å². The van der Waals surface area contributed by atoms with Crippen molar-refractivity contribution in [1.29, 1.82) is 0 Å². The summed E-state index contributed by atoms with van der Waals surface area (Å²) in [6.45, 7) is 3.88. The maximum atomic E-state index is 12.0. The van der Waals surface area contributed by atoms with Gasteiger partial charge in [-0.15, -0.1) is 0 Å². The fraction of sp³-hybridized carbons (Fsp3) is 0.333. The van der Waals surface area contributed by atoms with Gasteiger partial charge in [-0.1, -0.05) is 44.5 Å². The Morgan fingerprint density at radius 1 is 1.11 bits per heavy atom. The van der Waals surface area contributed by atoms with E-state index in [0.717, 1.165) is 12.8 Å². The molecule has 0 aliphatic heterocycles. The van der Waals surface area contributed by atoms with Crippen LogP contribution in [0.15, 0.2) is 29.8 Å². The standard InChI is InChI=1S/C15H16O3/c1-3-6-9(2)12-13(16)10-7-4-5-8-11(10)14(17)15(12)18/h4-5,7-9,16H,3,6H2,1-2H3. The Morgan fingerprint density at radius 3 is 2.33 bits per heavy atom. The highest BCUT2D eigenvalue weighted by Gasteiger charge is 2.34. The topological polar surface area (TPSA) is 54.4 Å². The molecule has 18 heavy (non-hydrogen) atoms. The predicted octanol–water partition coefficient (Wildman–Crippen LogP) is 3.16. The second-order valence-corrected chi connectivity index (χ2v) is 4.66. The fourth-order valence-electron chi connectivity index (χ4n) is 2.42. The van der Waals surface area contributed by atoms with Crippen LogP contribution in [0.4, 0.5) is 0 Å². The number of allylic oxidation sites excluding steroid dienone is 1. The van der Waals surface area contributed by atoms with Crippen LogP contribution in [-0.2, 0) is 4.79 Å². The van der Waals surface area contributed by atoms with E-state index in [9.17, 15) is 14.7 Å². The molecule has 0 radical (unpaired) electrons. The number of carbonyl (C=O) groups excluding carboxylic acids is 2. The van der Waals surface area contributed by atoms with E-state index in [1.54, 1.807) is 24.3 Å². The fourth-order valence-corrected chi connectivity index (χ4v) is 2.42. The van der Waals surface area contributed by atoms with Crippen LogP contribution in [0, 0.1) is 5.92 Å². The number of carbonyl (C=O) groups is 2. The van der Waals surface area contributed by atoms with Crippen LogP contribution in [0.5, 0.6) is 0 Å². The Morgan fingerprint density at radius 2 is 1.72 bits per heavy atom. The van der Waals surface area contributed by atoms with Gasteiger partial charge in [-0.2, -0.15) is 0 Å². The van der Waals surface area contributed by atoms with Gasteiger partial charge < -0.3 is 5.11 Å². The van der Waals surface area contributed by atoms with Crippen molar-refractivity contribution in [3.05, 3.63) is 41.0 Å². The lowest BCUT2D eigenvalue weighted by molar-refractivity contribution is -0.112. The van der Waals surface area contributed by atoms with Gasteiger partial charge >= 0.3 is 0 Å². The number of Topliss-reactive ketones (excluding diaryl/α,β-unsaturated/α-hetero) is 2. The van der Waals surface area contributed by atoms with E-state index in [2.05, 4.69) is 0 Å². The number of hydrogen-bond acceptors (Lipinski definition) is 3. The highest BCUT2D eigenvalue weighted by molar-refractivity contribution is 6.52. The minimum absolute atomic E-state index is 0.0313. The zero-order valence-electron chi connectivity index (χ0n) is 10.6. The normalized spacial score (nSPS) is 16.8. The van der Waals surface area contributed by atoms with E-state index in [1.165, 1.54) is 0 Å². The second-order valence-electron chi connectivity index (χ2n) is 4.66. The lowest BCUT2D eigenvalue weighted by atomic mass is 9.82. The summed E-state index contributed by atoms with van der Waals surface area (Å²) in [6.07, 6.45) is 1.68. The number of aliphatic hydroxyl groups is 1. The van der Waals surface area contributed by atoms with E-state index in [4.69, 9.17) is 0 Å². The predicted molar refractivity (Wildman–Crippen MR) is 69.4 cm³/mol. The largest absolute Gasteiger partial charge is 0.507 e. The van der Waals surface area contributed by atoms with Crippen LogP contribution in [0.2, 0.25) is 0 Å². The number of aliphatic hydroxyl groups excluding tert-OH is 1. The zero-order valence-corrected chi connectivity index (χ0v) is 10.6. The number of benzene rings is 1. The minimum Gasteiger partial charge on any atom is -0.507 e. The molecule has 1 atom stereocenters. The second kappa shape index (κ2) is 4.77. The van der Waals surface area contributed by atoms with Crippen LogP contribution in [0.3, 0.4) is 0 Å². The van der Waals surface area contributed by atoms with Gasteiger partial charge in [-0.05, 0) is 12.3 Å². The molecule has 3 heteroatoms. The summed E-state index contributed by atoms with van der Waals surface area (Å²) >= 11 is 0. The van der Waals surface area contributed by atoms with Gasteiger partial charge in [0.15, 0.2) is 0 Å². The van der Waals surface area contributed by atoms with Crippen LogP contribution in [-0.4, -0.2) is 16.7 Å². The third-order valence-corrected chi connectivity index (χ3v) is 3.35. The SMILES string of the molecule is CCCC(C)C1=C(O)c2ccccc2C(=O)C1=O. The molecule has 0 fully saturated rings. The highest BCUT2D eigenvalue weighted by Crippen LogP contribution is 2.32. The number of ketones is 2. The molecule has 0 aromatic heterocycles. The Bertz CT molecular complexity index is 540. The zero-order chi connectivity index (χ0) is 13.3. The van der Waals surface area contributed by atoms with E-state index < -0.39 is 11.6 Å². The van der Waals surface area contributed by atoms with Gasteiger partial charge in [-0.3, -0.25) is 9.59 Å². The molecule has 1 aliphatic rings. The van der Waals surface area contributed by atoms with Crippen molar-refractivity contribution >= 4 is 17.3 Å². The first kappa shape index (κ1) is 12.6. The van der Waals surface area contributed by atoms with Crippen molar-refractivity contribution in [1.82, 2.24) is 0 Å². The summed E-state index contributed by atoms with van der Waals surface area (Å²) in [5.74, 6) is -1.20. The summed E-state index contributed by atoms with van der Waals surface area (Å²) in [7, 11) is 0. The Hall–Kier alpha value is -1.90. The monoisotopic (exact) mass is 244 g/mol. The Kier molecular flexibility index (Phi) is 3.32. The maximum absolute atomic E-state index is 12.0. The molecule has 94 valence electrons. The van der Waals surface area contributed by atoms with Crippen molar-refractivity contribution in [2.24, 2.45) is 5.92 Å². The van der Waals surface area contributed by atoms with E-state index >= 15 is 0 Å². The lowest BCUT2D eigenvalue weighted by Crippen LogP contribution is -2.27. The average Bonchev–Trinajstić information content (AvgIpc) is 2.37. The molecule has 0 heterocycles. The molecule has 1 aromatic carbocycles. The Labute approximate surface area is 106 Å². The first-order valence-corrected chi connectivity index (χ1v) is 6.19. The molecule has 3 nitrogen and oxygen atoms in total. The van der Waals surface area contributed by atoms with E-state index in [1.807, 2.05) is 13.8 Å². The smallest absolute Gasteiger partial charge is 0.234 e. The number of fused-ring (bicyclic) bond motifs is 1. The highest BCUT2D eigenvalue weighted by atomic mass is 16.3. The third-order valence-electron chi connectivity index (χ3n) is 3.35. The molecule has 1 aromatic rings. The molecule has 1 aliphatic carbocycles. The average molecular weight is 244 g/mol. The van der Waals surface area contributed by atoms with Gasteiger partial charge in [-0.25, -0.2) is 0 Å². The summed E-state index contributed by atoms with van der Waals surface area (Å²) < 4.78 is 0. The van der Waals surface area contributed by atoms with Crippen LogP contribution in [0.25, 0.3) is 5.76 Å². The van der Waals surface area contributed by atoms with Crippen LogP contribution in [0.1, 0.15) is 42.6 Å². The quantitative estimate of drug-likeness (QED) is 0.831. The molecule has 0 saturated heterocycles. The minimum atomic E-state index is -0.563. The summed E-state index contributed by atoms with van der Waals surface area (Å²) in [5, 5.41) is 10.2. The number of rotatable bonds is 3. The van der Waals surface area contributed by atoms with Crippen molar-refractivity contribution in [3.63, 3.8) is 0 Å². The lowest BCUT2D eigenvalue weighted by Gasteiger charge is -2.21. The van der Waals surface area contributed by atoms with Crippen LogP contribution < -0.4 is 0 Å². The maximum Gasteiger partial charge on any atom is 0.234 e. The van der Waals surface area contributed by atoms with Crippen molar-refractivity contribution in [2.45, 2.75) is 26.7 Å². The van der Waals surface area contributed by atoms with Crippen molar-refractivity contribution in [2.75, 3.05) is 0 Å². The molecule has 2 rings (SSSR count). The Balaban J connectivity index is 2.58. The van der Waals surface area contributed by atoms with Gasteiger partial charge in [0, 0.05) is 16.7 Å². The first-order chi connectivity index (χ1) is 8.57. The summed E-state index contributed by atoms with van der Waals surface area (Å²) in [6, 6.07) is 6.69. The molecule has 0 spiro atoms. The first-order valence-electron chi connectivity index (χ1n) is 6.19. The molecular weight excluding hydrogens is 228 g/mol. The van der Waals surface area contributed by atoms with Crippen molar-refractivity contribution in [3.8, 4) is 0 Å².